The van der Waals surface area contributed by atoms with Crippen molar-refractivity contribution >= 4 is 28.7 Å². The number of benzene rings is 3. The minimum absolute atomic E-state index is 0.0595. The van der Waals surface area contributed by atoms with Gasteiger partial charge in [0.2, 0.25) is 0 Å². The van der Waals surface area contributed by atoms with E-state index in [-0.39, 0.29) is 19.1 Å². The second-order valence-corrected chi connectivity index (χ2v) is 6.55. The van der Waals surface area contributed by atoms with E-state index in [9.17, 15) is 14.4 Å². The van der Waals surface area contributed by atoms with E-state index in [4.69, 9.17) is 9.47 Å². The predicted octanol–water partition coefficient (Wildman–Crippen LogP) is 3.04. The number of esters is 1. The van der Waals surface area contributed by atoms with Crippen LogP contribution < -0.4 is 10.6 Å². The fraction of sp³-hybridized carbons (Fsp3) is 0.174. The first kappa shape index (κ1) is 20.9. The van der Waals surface area contributed by atoms with Gasteiger partial charge in [0, 0.05) is 12.1 Å². The van der Waals surface area contributed by atoms with Gasteiger partial charge >= 0.3 is 12.1 Å². The van der Waals surface area contributed by atoms with Crippen LogP contribution in [-0.4, -0.2) is 37.7 Å². The number of fused-ring (bicyclic) bond motifs is 1. The number of hydrogen-bond acceptors (Lipinski definition) is 5. The maximum atomic E-state index is 12.5. The number of hydrogen-bond donors (Lipinski definition) is 2. The molecule has 0 bridgehead atoms. The van der Waals surface area contributed by atoms with Crippen LogP contribution in [0.5, 0.6) is 0 Å². The second-order valence-electron chi connectivity index (χ2n) is 6.55. The van der Waals surface area contributed by atoms with Crippen LogP contribution in [0.1, 0.15) is 15.9 Å². The van der Waals surface area contributed by atoms with Gasteiger partial charge < -0.3 is 20.1 Å². The van der Waals surface area contributed by atoms with Crippen molar-refractivity contribution in [2.45, 2.75) is 12.6 Å². The van der Waals surface area contributed by atoms with Gasteiger partial charge in [0.15, 0.2) is 0 Å². The lowest BCUT2D eigenvalue weighted by molar-refractivity contribution is -0.142. The molecule has 0 fully saturated rings. The van der Waals surface area contributed by atoms with Gasteiger partial charge in [-0.25, -0.2) is 9.59 Å². The summed E-state index contributed by atoms with van der Waals surface area (Å²) in [4.78, 5) is 36.5. The molecule has 3 aromatic carbocycles. The molecule has 154 valence electrons. The summed E-state index contributed by atoms with van der Waals surface area (Å²) in [5, 5.41) is 7.02. The molecule has 0 saturated carbocycles. The van der Waals surface area contributed by atoms with E-state index in [1.54, 1.807) is 12.1 Å². The molecule has 2 N–H and O–H groups in total. The van der Waals surface area contributed by atoms with Gasteiger partial charge in [-0.15, -0.1) is 0 Å². The first-order chi connectivity index (χ1) is 14.6. The summed E-state index contributed by atoms with van der Waals surface area (Å²) in [7, 11) is 1.21. The summed E-state index contributed by atoms with van der Waals surface area (Å²) in [6.45, 7) is -0.0806. The number of alkyl carbamates (subject to hydrolysis) is 1. The molecule has 7 heteroatoms. The molecule has 0 aliphatic carbocycles. The van der Waals surface area contributed by atoms with Crippen LogP contribution in [0.4, 0.5) is 4.79 Å². The van der Waals surface area contributed by atoms with E-state index < -0.39 is 18.1 Å². The largest absolute Gasteiger partial charge is 0.467 e. The van der Waals surface area contributed by atoms with Gasteiger partial charge in [0.05, 0.1) is 7.11 Å². The normalized spacial score (nSPS) is 11.4. The van der Waals surface area contributed by atoms with Crippen LogP contribution in [0.2, 0.25) is 0 Å². The highest BCUT2D eigenvalue weighted by Gasteiger charge is 2.23. The zero-order valence-electron chi connectivity index (χ0n) is 16.5. The molecule has 30 heavy (non-hydrogen) atoms. The summed E-state index contributed by atoms with van der Waals surface area (Å²) in [6, 6.07) is 21.1. The standard InChI is InChI=1S/C23H22N2O5/c1-29-22(27)20(25-23(28)30-15-16-7-3-2-4-8-16)14-24-21(26)19-12-11-17-9-5-6-10-18(17)13-19/h2-13,20H,14-15H2,1H3,(H,24,26)(H,25,28). The molecule has 0 saturated heterocycles. The average molecular weight is 406 g/mol. The third-order valence-electron chi connectivity index (χ3n) is 4.47. The second kappa shape index (κ2) is 10.1. The summed E-state index contributed by atoms with van der Waals surface area (Å²) < 4.78 is 9.83. The highest BCUT2D eigenvalue weighted by atomic mass is 16.6. The van der Waals surface area contributed by atoms with E-state index in [2.05, 4.69) is 10.6 Å². The first-order valence-corrected chi connectivity index (χ1v) is 9.39. The van der Waals surface area contributed by atoms with E-state index in [0.717, 1.165) is 16.3 Å². The molecule has 0 heterocycles. The van der Waals surface area contributed by atoms with Crippen molar-refractivity contribution in [2.24, 2.45) is 0 Å². The number of methoxy groups -OCH3 is 1. The topological polar surface area (TPSA) is 93.7 Å². The Labute approximate surface area is 174 Å². The highest BCUT2D eigenvalue weighted by molar-refractivity contribution is 5.98. The molecule has 2 amide bonds. The lowest BCUT2D eigenvalue weighted by atomic mass is 10.1. The molecule has 0 aromatic heterocycles. The minimum atomic E-state index is -1.08. The molecule has 3 rings (SSSR count). The van der Waals surface area contributed by atoms with Crippen molar-refractivity contribution in [1.29, 1.82) is 0 Å². The van der Waals surface area contributed by atoms with Crippen LogP contribution in [0.25, 0.3) is 10.8 Å². The number of ether oxygens (including phenoxy) is 2. The van der Waals surface area contributed by atoms with Crippen LogP contribution >= 0.6 is 0 Å². The van der Waals surface area contributed by atoms with Gasteiger partial charge in [0.1, 0.15) is 12.6 Å². The maximum Gasteiger partial charge on any atom is 0.408 e. The van der Waals surface area contributed by atoms with Gasteiger partial charge in [-0.05, 0) is 28.5 Å². The monoisotopic (exact) mass is 406 g/mol. The fourth-order valence-corrected chi connectivity index (χ4v) is 2.87. The van der Waals surface area contributed by atoms with Crippen molar-refractivity contribution in [3.05, 3.63) is 83.9 Å². The first-order valence-electron chi connectivity index (χ1n) is 9.39. The number of nitrogens with one attached hydrogen (secondary N) is 2. The van der Waals surface area contributed by atoms with Crippen LogP contribution in [-0.2, 0) is 20.9 Å². The van der Waals surface area contributed by atoms with E-state index in [1.807, 2.05) is 60.7 Å². The Hall–Kier alpha value is -3.87. The van der Waals surface area contributed by atoms with Gasteiger partial charge in [-0.3, -0.25) is 4.79 Å². The van der Waals surface area contributed by atoms with Crippen molar-refractivity contribution in [1.82, 2.24) is 10.6 Å². The van der Waals surface area contributed by atoms with E-state index in [0.29, 0.717) is 5.56 Å². The number of carbonyl (C=O) groups excluding carboxylic acids is 3. The Bertz CT molecular complexity index is 1040. The molecule has 0 radical (unpaired) electrons. The molecular formula is C23H22N2O5. The zero-order chi connectivity index (χ0) is 21.3. The number of rotatable bonds is 7. The quantitative estimate of drug-likeness (QED) is 0.588. The van der Waals surface area contributed by atoms with E-state index >= 15 is 0 Å². The number of carbonyl (C=O) groups is 3. The van der Waals surface area contributed by atoms with Crippen LogP contribution in [0.15, 0.2) is 72.8 Å². The Morgan fingerprint density at radius 3 is 2.33 bits per heavy atom. The lowest BCUT2D eigenvalue weighted by Gasteiger charge is -2.17. The van der Waals surface area contributed by atoms with E-state index in [1.165, 1.54) is 7.11 Å². The Kier molecular flexibility index (Phi) is 7.00. The van der Waals surface area contributed by atoms with Crippen molar-refractivity contribution in [3.8, 4) is 0 Å². The third kappa shape index (κ3) is 5.57. The molecule has 0 aliphatic heterocycles. The summed E-state index contributed by atoms with van der Waals surface area (Å²) in [5.74, 6) is -1.06. The highest BCUT2D eigenvalue weighted by Crippen LogP contribution is 2.15. The summed E-state index contributed by atoms with van der Waals surface area (Å²) >= 11 is 0. The van der Waals surface area contributed by atoms with Crippen LogP contribution in [0.3, 0.4) is 0 Å². The Morgan fingerprint density at radius 1 is 0.900 bits per heavy atom. The molecule has 7 nitrogen and oxygen atoms in total. The van der Waals surface area contributed by atoms with Crippen molar-refractivity contribution in [2.75, 3.05) is 13.7 Å². The molecule has 3 aromatic rings. The van der Waals surface area contributed by atoms with Gasteiger partial charge in [-0.1, -0.05) is 60.7 Å². The Balaban J connectivity index is 1.57. The Morgan fingerprint density at radius 2 is 1.60 bits per heavy atom. The molecule has 1 atom stereocenters. The fourth-order valence-electron chi connectivity index (χ4n) is 2.87. The molecular weight excluding hydrogens is 384 g/mol. The molecule has 0 aliphatic rings. The lowest BCUT2D eigenvalue weighted by Crippen LogP contribution is -2.49. The number of amides is 2. The molecule has 1 unspecified atom stereocenters. The average Bonchev–Trinajstić information content (AvgIpc) is 2.80. The predicted molar refractivity (Wildman–Crippen MR) is 112 cm³/mol. The summed E-state index contributed by atoms with van der Waals surface area (Å²) in [6.07, 6.45) is -0.783. The smallest absolute Gasteiger partial charge is 0.408 e. The summed E-state index contributed by atoms with van der Waals surface area (Å²) in [5.41, 5.74) is 1.26. The van der Waals surface area contributed by atoms with Gasteiger partial charge in [-0.2, -0.15) is 0 Å². The maximum absolute atomic E-state index is 12.5. The van der Waals surface area contributed by atoms with Crippen molar-refractivity contribution < 1.29 is 23.9 Å². The third-order valence-corrected chi connectivity index (χ3v) is 4.47. The molecule has 0 spiro atoms. The minimum Gasteiger partial charge on any atom is -0.467 e. The zero-order valence-corrected chi connectivity index (χ0v) is 16.5. The van der Waals surface area contributed by atoms with Crippen LogP contribution in [0, 0.1) is 0 Å². The van der Waals surface area contributed by atoms with Crippen molar-refractivity contribution in [3.63, 3.8) is 0 Å². The van der Waals surface area contributed by atoms with Gasteiger partial charge in [0.25, 0.3) is 5.91 Å². The SMILES string of the molecule is COC(=O)C(CNC(=O)c1ccc2ccccc2c1)NC(=O)OCc1ccccc1.